The predicted molar refractivity (Wildman–Crippen MR) is 123 cm³/mol. The zero-order chi connectivity index (χ0) is 23.6. The third-order valence-electron chi connectivity index (χ3n) is 6.01. The number of carbonyl (C=O) groups excluding carboxylic acids is 1. The van der Waals surface area contributed by atoms with Gasteiger partial charge in [0.25, 0.3) is 0 Å². The van der Waals surface area contributed by atoms with Crippen molar-refractivity contribution in [3.8, 4) is 17.6 Å². The van der Waals surface area contributed by atoms with Crippen LogP contribution in [0.4, 0.5) is 5.69 Å². The van der Waals surface area contributed by atoms with Crippen LogP contribution < -0.4 is 14.8 Å². The molecular formula is C24H27N3O5S. The lowest BCUT2D eigenvalue weighted by Crippen LogP contribution is -2.41. The molecule has 2 aromatic carbocycles. The zero-order valence-corrected chi connectivity index (χ0v) is 19.5. The van der Waals surface area contributed by atoms with Crippen molar-refractivity contribution in [3.63, 3.8) is 0 Å². The smallest absolute Gasteiger partial charge is 0.244 e. The lowest BCUT2D eigenvalue weighted by Gasteiger charge is -2.30. The number of hydrogen-bond donors (Lipinski definition) is 1. The Labute approximate surface area is 194 Å². The van der Waals surface area contributed by atoms with Gasteiger partial charge in [0.2, 0.25) is 15.9 Å². The Morgan fingerprint density at radius 1 is 1.27 bits per heavy atom. The Bertz CT molecular complexity index is 1200. The van der Waals surface area contributed by atoms with Gasteiger partial charge in [-0.05, 0) is 44.9 Å². The van der Waals surface area contributed by atoms with Crippen molar-refractivity contribution in [2.24, 2.45) is 5.92 Å². The fourth-order valence-electron chi connectivity index (χ4n) is 4.33. The molecule has 1 fully saturated rings. The van der Waals surface area contributed by atoms with E-state index in [1.807, 2.05) is 26.0 Å². The first-order valence-corrected chi connectivity index (χ1v) is 12.5. The number of rotatable bonds is 6. The van der Waals surface area contributed by atoms with E-state index in [0.29, 0.717) is 30.9 Å². The van der Waals surface area contributed by atoms with Gasteiger partial charge in [0.1, 0.15) is 23.7 Å². The number of carbonyl (C=O) groups is 1. The van der Waals surface area contributed by atoms with Gasteiger partial charge in [-0.1, -0.05) is 12.1 Å². The Morgan fingerprint density at radius 2 is 2.00 bits per heavy atom. The Kier molecular flexibility index (Phi) is 6.58. The SMILES string of the molecule is CCOc1cc2c(cc1NC(=O)C1CCN(S(=O)(=O)c3ccccc3C#N)CC1)OC(C)C2. The van der Waals surface area contributed by atoms with Crippen molar-refractivity contribution >= 4 is 21.6 Å². The fourth-order valence-corrected chi connectivity index (χ4v) is 5.94. The summed E-state index contributed by atoms with van der Waals surface area (Å²) in [4.78, 5) is 13.0. The minimum absolute atomic E-state index is 0.00382. The number of amides is 1. The molecule has 0 aliphatic carbocycles. The van der Waals surface area contributed by atoms with E-state index in [4.69, 9.17) is 9.47 Å². The number of anilines is 1. The fraction of sp³-hybridized carbons (Fsp3) is 0.417. The summed E-state index contributed by atoms with van der Waals surface area (Å²) in [6, 6.07) is 11.8. The standard InChI is InChI=1S/C24H27N3O5S/c1-3-31-22-13-19-12-16(2)32-21(19)14-20(22)26-24(28)17-8-10-27(11-9-17)33(29,30)23-7-5-4-6-18(23)15-25/h4-7,13-14,16-17H,3,8-12H2,1-2H3,(H,26,28). The molecule has 8 nitrogen and oxygen atoms in total. The van der Waals surface area contributed by atoms with E-state index < -0.39 is 10.0 Å². The van der Waals surface area contributed by atoms with Crippen LogP contribution in [0.1, 0.15) is 37.8 Å². The molecule has 1 unspecified atom stereocenters. The lowest BCUT2D eigenvalue weighted by molar-refractivity contribution is -0.120. The van der Waals surface area contributed by atoms with Crippen LogP contribution in [-0.4, -0.2) is 44.4 Å². The number of piperidine rings is 1. The number of nitrogens with one attached hydrogen (secondary N) is 1. The van der Waals surface area contributed by atoms with Crippen LogP contribution in [0.3, 0.4) is 0 Å². The van der Waals surface area contributed by atoms with Crippen molar-refractivity contribution < 1.29 is 22.7 Å². The third kappa shape index (κ3) is 4.68. The molecule has 1 N–H and O–H groups in total. The van der Waals surface area contributed by atoms with E-state index in [9.17, 15) is 18.5 Å². The summed E-state index contributed by atoms with van der Waals surface area (Å²) in [5.41, 5.74) is 1.74. The number of nitrogens with zero attached hydrogens (tertiary/aromatic N) is 2. The van der Waals surface area contributed by atoms with Crippen molar-refractivity contribution in [1.29, 1.82) is 5.26 Å². The van der Waals surface area contributed by atoms with E-state index in [-0.39, 0.29) is 41.5 Å². The minimum atomic E-state index is -3.80. The number of hydrogen-bond acceptors (Lipinski definition) is 6. The molecule has 0 saturated carbocycles. The maximum absolute atomic E-state index is 13.0. The maximum Gasteiger partial charge on any atom is 0.244 e. The van der Waals surface area contributed by atoms with Gasteiger partial charge in [0.15, 0.2) is 0 Å². The molecule has 1 atom stereocenters. The maximum atomic E-state index is 13.0. The number of fused-ring (bicyclic) bond motifs is 1. The molecule has 4 rings (SSSR count). The average molecular weight is 470 g/mol. The summed E-state index contributed by atoms with van der Waals surface area (Å²) in [6.07, 6.45) is 1.66. The van der Waals surface area contributed by atoms with Gasteiger partial charge in [-0.15, -0.1) is 0 Å². The molecule has 1 amide bonds. The van der Waals surface area contributed by atoms with Crippen molar-refractivity contribution in [1.82, 2.24) is 4.31 Å². The Hall–Kier alpha value is -3.09. The quantitative estimate of drug-likeness (QED) is 0.695. The van der Waals surface area contributed by atoms with E-state index in [1.54, 1.807) is 18.2 Å². The van der Waals surface area contributed by atoms with Crippen LogP contribution in [0.25, 0.3) is 0 Å². The average Bonchev–Trinajstić information content (AvgIpc) is 3.18. The summed E-state index contributed by atoms with van der Waals surface area (Å²) in [5, 5.41) is 12.2. The molecule has 2 aromatic rings. The predicted octanol–water partition coefficient (Wildman–Crippen LogP) is 3.32. The Balaban J connectivity index is 1.44. The summed E-state index contributed by atoms with van der Waals surface area (Å²) in [7, 11) is -3.80. The molecule has 174 valence electrons. The van der Waals surface area contributed by atoms with Crippen molar-refractivity contribution in [2.45, 2.75) is 44.1 Å². The van der Waals surface area contributed by atoms with Gasteiger partial charge in [0, 0.05) is 37.1 Å². The second-order valence-corrected chi connectivity index (χ2v) is 10.2. The van der Waals surface area contributed by atoms with E-state index >= 15 is 0 Å². The highest BCUT2D eigenvalue weighted by Crippen LogP contribution is 2.38. The van der Waals surface area contributed by atoms with Crippen LogP contribution in [0.15, 0.2) is 41.3 Å². The molecule has 2 heterocycles. The highest BCUT2D eigenvalue weighted by molar-refractivity contribution is 7.89. The monoisotopic (exact) mass is 469 g/mol. The van der Waals surface area contributed by atoms with Crippen LogP contribution in [-0.2, 0) is 21.2 Å². The van der Waals surface area contributed by atoms with Crippen LogP contribution >= 0.6 is 0 Å². The summed E-state index contributed by atoms with van der Waals surface area (Å²) in [5.74, 6) is 0.857. The van der Waals surface area contributed by atoms with Crippen LogP contribution in [0.2, 0.25) is 0 Å². The molecule has 1 saturated heterocycles. The van der Waals surface area contributed by atoms with Crippen LogP contribution in [0, 0.1) is 17.2 Å². The summed E-state index contributed by atoms with van der Waals surface area (Å²) in [6.45, 7) is 4.78. The first-order chi connectivity index (χ1) is 15.8. The highest BCUT2D eigenvalue weighted by atomic mass is 32.2. The van der Waals surface area contributed by atoms with Crippen molar-refractivity contribution in [2.75, 3.05) is 25.0 Å². The Morgan fingerprint density at radius 3 is 2.70 bits per heavy atom. The van der Waals surface area contributed by atoms with Crippen molar-refractivity contribution in [3.05, 3.63) is 47.5 Å². The van der Waals surface area contributed by atoms with Gasteiger partial charge in [0.05, 0.1) is 22.8 Å². The van der Waals surface area contributed by atoms with Gasteiger partial charge >= 0.3 is 0 Å². The van der Waals surface area contributed by atoms with Gasteiger partial charge in [-0.25, -0.2) is 8.42 Å². The number of benzene rings is 2. The van der Waals surface area contributed by atoms with E-state index in [2.05, 4.69) is 5.32 Å². The van der Waals surface area contributed by atoms with Gasteiger partial charge in [-0.2, -0.15) is 9.57 Å². The summed E-state index contributed by atoms with van der Waals surface area (Å²) < 4.78 is 39.0. The van der Waals surface area contributed by atoms with E-state index in [0.717, 1.165) is 17.7 Å². The highest BCUT2D eigenvalue weighted by Gasteiger charge is 2.34. The minimum Gasteiger partial charge on any atom is -0.492 e. The normalized spacial score (nSPS) is 18.8. The molecule has 2 aliphatic heterocycles. The second kappa shape index (κ2) is 9.41. The van der Waals surface area contributed by atoms with Crippen LogP contribution in [0.5, 0.6) is 11.5 Å². The van der Waals surface area contributed by atoms with E-state index in [1.165, 1.54) is 16.4 Å². The van der Waals surface area contributed by atoms with Gasteiger partial charge < -0.3 is 14.8 Å². The number of nitriles is 1. The zero-order valence-electron chi connectivity index (χ0n) is 18.7. The largest absolute Gasteiger partial charge is 0.492 e. The summed E-state index contributed by atoms with van der Waals surface area (Å²) >= 11 is 0. The molecule has 0 radical (unpaired) electrons. The molecule has 33 heavy (non-hydrogen) atoms. The second-order valence-electron chi connectivity index (χ2n) is 8.30. The molecule has 2 aliphatic rings. The van der Waals surface area contributed by atoms with Gasteiger partial charge in [-0.3, -0.25) is 4.79 Å². The molecule has 0 aromatic heterocycles. The number of sulfonamides is 1. The molecule has 0 spiro atoms. The molecule has 0 bridgehead atoms. The third-order valence-corrected chi connectivity index (χ3v) is 7.96. The number of ether oxygens (including phenoxy) is 2. The lowest BCUT2D eigenvalue weighted by atomic mass is 9.97. The molecular weight excluding hydrogens is 442 g/mol. The first-order valence-electron chi connectivity index (χ1n) is 11.1. The topological polar surface area (TPSA) is 109 Å². The first kappa shape index (κ1) is 23.1. The molecule has 9 heteroatoms.